The molecule has 0 bridgehead atoms. The molecule has 2 aliphatic rings. The molecule has 0 spiro atoms. The van der Waals surface area contributed by atoms with Crippen LogP contribution < -0.4 is 4.90 Å². The van der Waals surface area contributed by atoms with E-state index in [-0.39, 0.29) is 24.4 Å². The number of likely N-dealkylation sites (N-methyl/N-ethyl adjacent to an activating group) is 1. The fourth-order valence-electron chi connectivity index (χ4n) is 4.14. The second-order valence-corrected chi connectivity index (χ2v) is 9.41. The van der Waals surface area contributed by atoms with Crippen LogP contribution in [0.5, 0.6) is 0 Å². The van der Waals surface area contributed by atoms with Crippen LogP contribution in [0.3, 0.4) is 0 Å². The molecule has 0 aromatic heterocycles. The summed E-state index contributed by atoms with van der Waals surface area (Å²) >= 11 is 0. The van der Waals surface area contributed by atoms with E-state index in [0.717, 1.165) is 16.8 Å². The Balaban J connectivity index is 0.00000240. The van der Waals surface area contributed by atoms with Crippen molar-refractivity contribution in [2.45, 2.75) is 24.3 Å². The van der Waals surface area contributed by atoms with Crippen molar-refractivity contribution in [2.75, 3.05) is 38.1 Å². The summed E-state index contributed by atoms with van der Waals surface area (Å²) in [6.07, 6.45) is 0.684. The molecule has 8 heteroatoms. The third-order valence-corrected chi connectivity index (χ3v) is 7.56. The van der Waals surface area contributed by atoms with Crippen LogP contribution in [0.15, 0.2) is 53.4 Å². The van der Waals surface area contributed by atoms with Gasteiger partial charge in [-0.3, -0.25) is 4.79 Å². The van der Waals surface area contributed by atoms with Crippen molar-refractivity contribution in [3.63, 3.8) is 0 Å². The summed E-state index contributed by atoms with van der Waals surface area (Å²) in [6.45, 7) is 3.96. The van der Waals surface area contributed by atoms with Gasteiger partial charge in [-0.25, -0.2) is 8.42 Å². The molecule has 2 heterocycles. The molecule has 0 N–H and O–H groups in total. The molecule has 1 saturated heterocycles. The maximum Gasteiger partial charge on any atom is 0.243 e. The van der Waals surface area contributed by atoms with Gasteiger partial charge in [0.25, 0.3) is 0 Å². The quantitative estimate of drug-likeness (QED) is 0.743. The molecule has 2 aromatic rings. The van der Waals surface area contributed by atoms with E-state index < -0.39 is 10.0 Å². The molecule has 29 heavy (non-hydrogen) atoms. The van der Waals surface area contributed by atoms with Crippen molar-refractivity contribution in [3.05, 3.63) is 59.7 Å². The third kappa shape index (κ3) is 4.05. The monoisotopic (exact) mass is 435 g/mol. The average Bonchev–Trinajstić information content (AvgIpc) is 3.12. The Kier molecular flexibility index (Phi) is 6.33. The van der Waals surface area contributed by atoms with Crippen LogP contribution >= 0.6 is 12.4 Å². The van der Waals surface area contributed by atoms with Crippen molar-refractivity contribution < 1.29 is 13.2 Å². The Labute approximate surface area is 178 Å². The molecule has 2 aliphatic heterocycles. The first-order valence-corrected chi connectivity index (χ1v) is 11.0. The van der Waals surface area contributed by atoms with Crippen molar-refractivity contribution in [3.8, 4) is 0 Å². The number of piperazine rings is 1. The molecule has 6 nitrogen and oxygen atoms in total. The van der Waals surface area contributed by atoms with Gasteiger partial charge in [-0.05, 0) is 42.8 Å². The lowest BCUT2D eigenvalue weighted by molar-refractivity contribution is -0.116. The van der Waals surface area contributed by atoms with Crippen molar-refractivity contribution in [1.82, 2.24) is 9.21 Å². The number of hydrogen-bond donors (Lipinski definition) is 0. The summed E-state index contributed by atoms with van der Waals surface area (Å²) in [5, 5.41) is 0. The molecule has 0 aliphatic carbocycles. The maximum atomic E-state index is 13.5. The minimum Gasteiger partial charge on any atom is -0.312 e. The lowest BCUT2D eigenvalue weighted by atomic mass is 10.1. The highest BCUT2D eigenvalue weighted by molar-refractivity contribution is 7.89. The van der Waals surface area contributed by atoms with Crippen LogP contribution in [0.1, 0.15) is 24.1 Å². The molecule has 1 atom stereocenters. The van der Waals surface area contributed by atoms with Crippen molar-refractivity contribution in [2.24, 2.45) is 0 Å². The van der Waals surface area contributed by atoms with Gasteiger partial charge in [-0.1, -0.05) is 30.3 Å². The smallest absolute Gasteiger partial charge is 0.243 e. The lowest BCUT2D eigenvalue weighted by Crippen LogP contribution is -2.49. The standard InChI is InChI=1S/C21H25N3O3S.ClH/c1-16(25)23-11-10-18-14-19(8-9-20(18)23)28(26,27)24-13-12-22(2)15-21(24)17-6-4-3-5-7-17;/h3-9,14,21H,10-13,15H2,1-2H3;1H. The fourth-order valence-corrected chi connectivity index (χ4v) is 5.79. The maximum absolute atomic E-state index is 13.5. The highest BCUT2D eigenvalue weighted by Gasteiger charge is 2.36. The number of carbonyl (C=O) groups excluding carboxylic acids is 1. The van der Waals surface area contributed by atoms with Gasteiger partial charge in [-0.2, -0.15) is 4.31 Å². The van der Waals surface area contributed by atoms with Gasteiger partial charge in [0.15, 0.2) is 0 Å². The molecular weight excluding hydrogens is 410 g/mol. The molecule has 2 aromatic carbocycles. The summed E-state index contributed by atoms with van der Waals surface area (Å²) < 4.78 is 28.7. The summed E-state index contributed by atoms with van der Waals surface area (Å²) in [4.78, 5) is 15.9. The topological polar surface area (TPSA) is 60.9 Å². The number of anilines is 1. The van der Waals surface area contributed by atoms with Crippen LogP contribution in [-0.2, 0) is 21.2 Å². The summed E-state index contributed by atoms with van der Waals surface area (Å²) in [5.74, 6) is -0.0161. The van der Waals surface area contributed by atoms with E-state index in [1.54, 1.807) is 27.4 Å². The van der Waals surface area contributed by atoms with E-state index in [9.17, 15) is 13.2 Å². The van der Waals surface area contributed by atoms with Crippen LogP contribution in [0.2, 0.25) is 0 Å². The zero-order chi connectivity index (χ0) is 19.9. The number of fused-ring (bicyclic) bond motifs is 1. The summed E-state index contributed by atoms with van der Waals surface area (Å²) in [7, 11) is -1.62. The fraction of sp³-hybridized carbons (Fsp3) is 0.381. The van der Waals surface area contributed by atoms with Crippen LogP contribution in [0.25, 0.3) is 0 Å². The van der Waals surface area contributed by atoms with Gasteiger partial charge in [0.1, 0.15) is 0 Å². The number of hydrogen-bond acceptors (Lipinski definition) is 4. The van der Waals surface area contributed by atoms with Crippen LogP contribution in [0.4, 0.5) is 5.69 Å². The molecular formula is C21H26ClN3O3S. The SMILES string of the molecule is CC(=O)N1CCc2cc(S(=O)(=O)N3CCN(C)CC3c3ccccc3)ccc21.Cl. The van der Waals surface area contributed by atoms with E-state index in [0.29, 0.717) is 37.5 Å². The largest absolute Gasteiger partial charge is 0.312 e. The zero-order valence-electron chi connectivity index (χ0n) is 16.6. The summed E-state index contributed by atoms with van der Waals surface area (Å²) in [6, 6.07) is 14.7. The Morgan fingerprint density at radius 2 is 1.76 bits per heavy atom. The number of nitrogens with zero attached hydrogens (tertiary/aromatic N) is 3. The van der Waals surface area contributed by atoms with Crippen molar-refractivity contribution in [1.29, 1.82) is 0 Å². The number of amides is 1. The highest BCUT2D eigenvalue weighted by atomic mass is 35.5. The minimum absolute atomic E-state index is 0. The second kappa shape index (κ2) is 8.44. The molecule has 4 rings (SSSR count). The Hall–Kier alpha value is -1.93. The minimum atomic E-state index is -3.64. The van der Waals surface area contributed by atoms with E-state index in [1.165, 1.54) is 6.92 Å². The molecule has 0 saturated carbocycles. The second-order valence-electron chi connectivity index (χ2n) is 7.52. The van der Waals surface area contributed by atoms with E-state index in [4.69, 9.17) is 0 Å². The predicted octanol–water partition coefficient (Wildman–Crippen LogP) is 2.69. The number of rotatable bonds is 3. The average molecular weight is 436 g/mol. The van der Waals surface area contributed by atoms with Crippen LogP contribution in [-0.4, -0.2) is 56.8 Å². The summed E-state index contributed by atoms with van der Waals surface area (Å²) in [5.41, 5.74) is 2.74. The van der Waals surface area contributed by atoms with E-state index in [2.05, 4.69) is 4.90 Å². The first-order chi connectivity index (χ1) is 13.4. The van der Waals surface area contributed by atoms with E-state index >= 15 is 0 Å². The molecule has 156 valence electrons. The van der Waals surface area contributed by atoms with E-state index in [1.807, 2.05) is 37.4 Å². The number of benzene rings is 2. The van der Waals surface area contributed by atoms with Gasteiger partial charge in [-0.15, -0.1) is 12.4 Å². The number of halogens is 1. The van der Waals surface area contributed by atoms with Gasteiger partial charge < -0.3 is 9.80 Å². The normalized spacial score (nSPS) is 20.2. The highest BCUT2D eigenvalue weighted by Crippen LogP contribution is 2.34. The van der Waals surface area contributed by atoms with Crippen molar-refractivity contribution >= 4 is 34.0 Å². The first kappa shape index (κ1) is 21.8. The van der Waals surface area contributed by atoms with Gasteiger partial charge in [0, 0.05) is 38.8 Å². The molecule has 1 fully saturated rings. The van der Waals surface area contributed by atoms with Gasteiger partial charge in [0.2, 0.25) is 15.9 Å². The number of sulfonamides is 1. The molecule has 1 amide bonds. The first-order valence-electron chi connectivity index (χ1n) is 9.54. The Bertz CT molecular complexity index is 997. The van der Waals surface area contributed by atoms with Gasteiger partial charge in [0.05, 0.1) is 10.9 Å². The Morgan fingerprint density at radius 1 is 1.03 bits per heavy atom. The Morgan fingerprint density at radius 3 is 2.45 bits per heavy atom. The molecule has 1 unspecified atom stereocenters. The zero-order valence-corrected chi connectivity index (χ0v) is 18.2. The lowest BCUT2D eigenvalue weighted by Gasteiger charge is -2.39. The van der Waals surface area contributed by atoms with Crippen LogP contribution in [0, 0.1) is 0 Å². The third-order valence-electron chi connectivity index (χ3n) is 5.65. The number of carbonyl (C=O) groups is 1. The molecule has 0 radical (unpaired) electrons. The van der Waals surface area contributed by atoms with Gasteiger partial charge >= 0.3 is 0 Å². The predicted molar refractivity (Wildman–Crippen MR) is 116 cm³/mol.